The molecule has 0 aromatic carbocycles. The number of aromatic nitrogens is 3. The first-order chi connectivity index (χ1) is 10.2. The molecular weight excluding hydrogens is 308 g/mol. The molecule has 1 N–H and O–H groups in total. The topological polar surface area (TPSA) is 79.7 Å². The second-order valence-corrected chi connectivity index (χ2v) is 6.26. The first-order valence-corrected chi connectivity index (χ1v) is 7.33. The van der Waals surface area contributed by atoms with Gasteiger partial charge in [-0.05, 0) is 33.8 Å². The largest absolute Gasteiger partial charge is 0.444 e. The van der Waals surface area contributed by atoms with Gasteiger partial charge in [0, 0.05) is 12.7 Å². The molecule has 0 bridgehead atoms. The molecule has 2 aromatic heterocycles. The number of rotatable bonds is 3. The number of nitrogens with one attached hydrogen (secondary N) is 1. The van der Waals surface area contributed by atoms with E-state index in [1.165, 1.54) is 9.42 Å². The molecule has 0 fully saturated rings. The van der Waals surface area contributed by atoms with Crippen LogP contribution in [-0.2, 0) is 11.3 Å². The summed E-state index contributed by atoms with van der Waals surface area (Å²) in [5.41, 5.74) is -0.644. The van der Waals surface area contributed by atoms with Gasteiger partial charge in [0.05, 0.1) is 11.6 Å². The van der Waals surface area contributed by atoms with E-state index in [0.717, 1.165) is 0 Å². The Morgan fingerprint density at radius 3 is 2.77 bits per heavy atom. The number of ether oxygens (including phenoxy) is 1. The molecule has 120 valence electrons. The van der Waals surface area contributed by atoms with Crippen molar-refractivity contribution in [3.8, 4) is 0 Å². The van der Waals surface area contributed by atoms with Crippen LogP contribution in [0.15, 0.2) is 17.1 Å². The van der Waals surface area contributed by atoms with E-state index in [4.69, 9.17) is 16.3 Å². The zero-order valence-electron chi connectivity index (χ0n) is 13.0. The normalized spacial score (nSPS) is 11.7. The van der Waals surface area contributed by atoms with Gasteiger partial charge in [0.15, 0.2) is 0 Å². The molecule has 2 rings (SSSR count). The van der Waals surface area contributed by atoms with Crippen LogP contribution in [0.5, 0.6) is 0 Å². The Balaban J connectivity index is 2.25. The van der Waals surface area contributed by atoms with Crippen molar-refractivity contribution in [2.75, 3.05) is 6.54 Å². The van der Waals surface area contributed by atoms with Crippen molar-refractivity contribution >= 4 is 23.2 Å². The van der Waals surface area contributed by atoms with Crippen molar-refractivity contribution in [1.82, 2.24) is 19.5 Å². The van der Waals surface area contributed by atoms with E-state index in [1.54, 1.807) is 33.0 Å². The minimum atomic E-state index is -0.580. The molecule has 0 aliphatic carbocycles. The molecule has 0 saturated carbocycles. The molecule has 0 aliphatic heterocycles. The standard InChI is InChI=1S/C14H19ClN4O3/c1-5-18(13(21)22-14(2,3)4)8-10-16-12(20)11-9(15)6-7-19(11)17-10/h6-7H,5,8H2,1-4H3,(H,16,17,20). The predicted molar refractivity (Wildman–Crippen MR) is 83.1 cm³/mol. The van der Waals surface area contributed by atoms with Gasteiger partial charge in [0.2, 0.25) is 0 Å². The fourth-order valence-electron chi connectivity index (χ4n) is 1.92. The Kier molecular flexibility index (Phi) is 4.46. The summed E-state index contributed by atoms with van der Waals surface area (Å²) in [6.45, 7) is 7.80. The van der Waals surface area contributed by atoms with E-state index in [9.17, 15) is 9.59 Å². The number of amides is 1. The van der Waals surface area contributed by atoms with Crippen LogP contribution in [-0.4, -0.2) is 37.7 Å². The zero-order valence-corrected chi connectivity index (χ0v) is 13.8. The average Bonchev–Trinajstić information content (AvgIpc) is 2.75. The fraction of sp³-hybridized carbons (Fsp3) is 0.500. The molecule has 7 nitrogen and oxygen atoms in total. The van der Waals surface area contributed by atoms with E-state index in [1.807, 2.05) is 6.92 Å². The molecule has 0 unspecified atom stereocenters. The second kappa shape index (κ2) is 6.00. The number of hydrogen-bond acceptors (Lipinski definition) is 4. The number of aromatic amines is 1. The number of halogens is 1. The monoisotopic (exact) mass is 326 g/mol. The molecular formula is C14H19ClN4O3. The van der Waals surface area contributed by atoms with E-state index >= 15 is 0 Å². The molecule has 1 amide bonds. The molecule has 8 heteroatoms. The highest BCUT2D eigenvalue weighted by Crippen LogP contribution is 2.14. The summed E-state index contributed by atoms with van der Waals surface area (Å²) in [5, 5.41) is 4.58. The van der Waals surface area contributed by atoms with Crippen molar-refractivity contribution in [2.45, 2.75) is 39.8 Å². The lowest BCUT2D eigenvalue weighted by Crippen LogP contribution is -2.37. The molecule has 0 spiro atoms. The predicted octanol–water partition coefficient (Wildman–Crippen LogP) is 2.43. The van der Waals surface area contributed by atoms with Crippen LogP contribution >= 0.6 is 11.6 Å². The van der Waals surface area contributed by atoms with Crippen LogP contribution in [0.1, 0.15) is 33.5 Å². The Bertz CT molecular complexity index is 745. The van der Waals surface area contributed by atoms with Gasteiger partial charge < -0.3 is 14.6 Å². The Labute approximate surface area is 132 Å². The summed E-state index contributed by atoms with van der Waals surface area (Å²) >= 11 is 5.92. The minimum Gasteiger partial charge on any atom is -0.444 e. The van der Waals surface area contributed by atoms with Gasteiger partial charge in [0.25, 0.3) is 5.56 Å². The Hall–Kier alpha value is -2.02. The van der Waals surface area contributed by atoms with Crippen LogP contribution in [0.3, 0.4) is 0 Å². The lowest BCUT2D eigenvalue weighted by Gasteiger charge is -2.26. The molecule has 0 radical (unpaired) electrons. The summed E-state index contributed by atoms with van der Waals surface area (Å²) in [6.07, 6.45) is 1.14. The molecule has 22 heavy (non-hydrogen) atoms. The van der Waals surface area contributed by atoms with Crippen molar-refractivity contribution in [3.05, 3.63) is 33.5 Å². The maximum absolute atomic E-state index is 12.1. The van der Waals surface area contributed by atoms with Gasteiger partial charge in [-0.25, -0.2) is 9.31 Å². The van der Waals surface area contributed by atoms with Crippen LogP contribution in [0.4, 0.5) is 4.79 Å². The lowest BCUT2D eigenvalue weighted by molar-refractivity contribution is 0.0239. The Morgan fingerprint density at radius 2 is 2.18 bits per heavy atom. The number of carbonyl (C=O) groups excluding carboxylic acids is 1. The highest BCUT2D eigenvalue weighted by atomic mass is 35.5. The van der Waals surface area contributed by atoms with Crippen molar-refractivity contribution in [2.24, 2.45) is 0 Å². The SMILES string of the molecule is CCN(Cc1nn2ccc(Cl)c2c(=O)[nH]1)C(=O)OC(C)(C)C. The quantitative estimate of drug-likeness (QED) is 0.939. The highest BCUT2D eigenvalue weighted by Gasteiger charge is 2.22. The van der Waals surface area contributed by atoms with Crippen LogP contribution in [0.25, 0.3) is 5.52 Å². The van der Waals surface area contributed by atoms with Crippen molar-refractivity contribution in [1.29, 1.82) is 0 Å². The third-order valence-electron chi connectivity index (χ3n) is 2.89. The van der Waals surface area contributed by atoms with E-state index < -0.39 is 11.7 Å². The van der Waals surface area contributed by atoms with Gasteiger partial charge in [0.1, 0.15) is 16.9 Å². The van der Waals surface area contributed by atoms with Gasteiger partial charge in [-0.2, -0.15) is 5.10 Å². The summed E-state index contributed by atoms with van der Waals surface area (Å²) in [5.74, 6) is 0.359. The number of carbonyl (C=O) groups is 1. The van der Waals surface area contributed by atoms with Gasteiger partial charge in [-0.1, -0.05) is 11.6 Å². The zero-order chi connectivity index (χ0) is 16.5. The Morgan fingerprint density at radius 1 is 1.50 bits per heavy atom. The summed E-state index contributed by atoms with van der Waals surface area (Å²) in [7, 11) is 0. The third kappa shape index (κ3) is 3.59. The first-order valence-electron chi connectivity index (χ1n) is 6.95. The average molecular weight is 327 g/mol. The molecule has 0 aliphatic rings. The van der Waals surface area contributed by atoms with Gasteiger partial charge in [-0.3, -0.25) is 4.79 Å². The summed E-state index contributed by atoms with van der Waals surface area (Å²) in [6, 6.07) is 1.59. The number of H-pyrrole nitrogens is 1. The molecule has 2 heterocycles. The van der Waals surface area contributed by atoms with Crippen LogP contribution < -0.4 is 5.56 Å². The van der Waals surface area contributed by atoms with E-state index in [-0.39, 0.29) is 17.6 Å². The first kappa shape index (κ1) is 16.4. The van der Waals surface area contributed by atoms with Crippen molar-refractivity contribution < 1.29 is 9.53 Å². The smallest absolute Gasteiger partial charge is 0.410 e. The van der Waals surface area contributed by atoms with E-state index in [0.29, 0.717) is 17.4 Å². The van der Waals surface area contributed by atoms with Crippen LogP contribution in [0, 0.1) is 0 Å². The van der Waals surface area contributed by atoms with Crippen LogP contribution in [0.2, 0.25) is 5.02 Å². The van der Waals surface area contributed by atoms with Gasteiger partial charge >= 0.3 is 6.09 Å². The third-order valence-corrected chi connectivity index (χ3v) is 3.20. The minimum absolute atomic E-state index is 0.145. The number of hydrogen-bond donors (Lipinski definition) is 1. The highest BCUT2D eigenvalue weighted by molar-refractivity contribution is 6.33. The number of fused-ring (bicyclic) bond motifs is 1. The van der Waals surface area contributed by atoms with Gasteiger partial charge in [-0.15, -0.1) is 0 Å². The number of nitrogens with zero attached hydrogens (tertiary/aromatic N) is 3. The summed E-state index contributed by atoms with van der Waals surface area (Å²) < 4.78 is 6.73. The maximum atomic E-state index is 12.1. The fourth-order valence-corrected chi connectivity index (χ4v) is 2.15. The lowest BCUT2D eigenvalue weighted by atomic mass is 10.2. The van der Waals surface area contributed by atoms with Crippen molar-refractivity contribution in [3.63, 3.8) is 0 Å². The second-order valence-electron chi connectivity index (χ2n) is 5.85. The molecule has 2 aromatic rings. The molecule has 0 atom stereocenters. The van der Waals surface area contributed by atoms with E-state index in [2.05, 4.69) is 10.1 Å². The molecule has 0 saturated heterocycles. The maximum Gasteiger partial charge on any atom is 0.410 e. The summed E-state index contributed by atoms with van der Waals surface area (Å²) in [4.78, 5) is 28.2.